The van der Waals surface area contributed by atoms with Crippen LogP contribution in [0.15, 0.2) is 36.5 Å². The van der Waals surface area contributed by atoms with E-state index in [1.165, 1.54) is 0 Å². The summed E-state index contributed by atoms with van der Waals surface area (Å²) in [6.07, 6.45) is 1.94. The molecule has 2 N–H and O–H groups in total. The number of thiocarbonyl (C=S) groups is 1. The normalized spacial score (nSPS) is 13.9. The predicted octanol–water partition coefficient (Wildman–Crippen LogP) is 2.05. The number of ether oxygens (including phenoxy) is 3. The molecule has 144 valence electrons. The van der Waals surface area contributed by atoms with Crippen LogP contribution < -0.4 is 29.4 Å². The molecule has 8 heteroatoms. The molecule has 0 spiro atoms. The van der Waals surface area contributed by atoms with Crippen molar-refractivity contribution in [2.24, 2.45) is 0 Å². The quantitative estimate of drug-likeness (QED) is 0.786. The third-order valence-electron chi connectivity index (χ3n) is 4.52. The fourth-order valence-corrected chi connectivity index (χ4v) is 3.39. The van der Waals surface area contributed by atoms with E-state index in [0.29, 0.717) is 22.4 Å². The summed E-state index contributed by atoms with van der Waals surface area (Å²) in [5.74, 6) is 2.86. The van der Waals surface area contributed by atoms with Crippen LogP contribution in [0.2, 0.25) is 0 Å². The van der Waals surface area contributed by atoms with Crippen LogP contribution in [0, 0.1) is 0 Å². The van der Waals surface area contributed by atoms with Crippen molar-refractivity contribution in [2.45, 2.75) is 0 Å². The second kappa shape index (κ2) is 8.77. The number of piperazine rings is 1. The highest BCUT2D eigenvalue weighted by atomic mass is 32.1. The molecular formula is C19H25N4O3S+. The van der Waals surface area contributed by atoms with E-state index >= 15 is 0 Å². The van der Waals surface area contributed by atoms with Crippen LogP contribution in [0.25, 0.3) is 0 Å². The molecule has 2 heterocycles. The minimum atomic E-state index is 0.559. The zero-order valence-electron chi connectivity index (χ0n) is 15.8. The standard InChI is InChI=1S/C19H24N4O3S/c1-24-15-12-14(13-16(25-2)18(15)26-3)21-19(27)23-10-8-22(9-11-23)17-6-4-5-7-20-17/h4-7,12-13H,8-11H2,1-3H3,(H,21,27)/p+1. The van der Waals surface area contributed by atoms with E-state index in [4.69, 9.17) is 26.4 Å². The lowest BCUT2D eigenvalue weighted by molar-refractivity contribution is -0.364. The van der Waals surface area contributed by atoms with Gasteiger partial charge in [-0.1, -0.05) is 6.07 Å². The van der Waals surface area contributed by atoms with Crippen molar-refractivity contribution in [1.29, 1.82) is 0 Å². The van der Waals surface area contributed by atoms with Crippen molar-refractivity contribution in [1.82, 2.24) is 4.90 Å². The first-order valence-corrected chi connectivity index (χ1v) is 9.14. The zero-order chi connectivity index (χ0) is 19.2. The van der Waals surface area contributed by atoms with Crippen molar-refractivity contribution >= 4 is 28.8 Å². The van der Waals surface area contributed by atoms with E-state index in [-0.39, 0.29) is 0 Å². The number of hydrogen-bond donors (Lipinski definition) is 1. The molecular weight excluding hydrogens is 364 g/mol. The molecule has 0 saturated carbocycles. The van der Waals surface area contributed by atoms with E-state index in [9.17, 15) is 0 Å². The average Bonchev–Trinajstić information content (AvgIpc) is 2.73. The molecule has 2 aromatic rings. The van der Waals surface area contributed by atoms with Gasteiger partial charge in [0.05, 0.1) is 40.6 Å². The highest BCUT2D eigenvalue weighted by Crippen LogP contribution is 2.40. The van der Waals surface area contributed by atoms with Crippen LogP contribution >= 0.6 is 12.2 Å². The molecule has 0 bridgehead atoms. The first kappa shape index (κ1) is 19.0. The predicted molar refractivity (Wildman–Crippen MR) is 109 cm³/mol. The van der Waals surface area contributed by atoms with E-state index in [1.807, 2.05) is 30.5 Å². The molecule has 1 fully saturated rings. The van der Waals surface area contributed by atoms with Gasteiger partial charge in [-0.05, 0) is 18.3 Å². The maximum Gasteiger partial charge on any atom is 0.274 e. The molecule has 1 aliphatic rings. The molecule has 0 amide bonds. The fraction of sp³-hybridized carbons (Fsp3) is 0.368. The van der Waals surface area contributed by atoms with Gasteiger partial charge in [-0.15, -0.1) is 0 Å². The summed E-state index contributed by atoms with van der Waals surface area (Å²) in [6.45, 7) is 3.49. The number of nitrogens with one attached hydrogen (secondary N) is 2. The van der Waals surface area contributed by atoms with Crippen LogP contribution in [-0.4, -0.2) is 57.5 Å². The molecule has 7 nitrogen and oxygen atoms in total. The number of hydrogen-bond acceptors (Lipinski definition) is 5. The van der Waals surface area contributed by atoms with Crippen molar-refractivity contribution in [3.05, 3.63) is 36.5 Å². The Hall–Kier alpha value is -2.74. The Morgan fingerprint density at radius 3 is 2.19 bits per heavy atom. The molecule has 1 saturated heterocycles. The first-order valence-electron chi connectivity index (χ1n) is 8.74. The molecule has 1 aromatic carbocycles. The summed E-state index contributed by atoms with van der Waals surface area (Å²) in [5.41, 5.74) is 0.799. The topological polar surface area (TPSA) is 60.3 Å². The Balaban J connectivity index is 1.64. The Labute approximate surface area is 164 Å². The van der Waals surface area contributed by atoms with Gasteiger partial charge in [0, 0.05) is 23.9 Å². The van der Waals surface area contributed by atoms with Crippen LogP contribution in [0.5, 0.6) is 17.2 Å². The van der Waals surface area contributed by atoms with Gasteiger partial charge in [0.15, 0.2) is 16.6 Å². The van der Waals surface area contributed by atoms with Gasteiger partial charge in [-0.2, -0.15) is 0 Å². The molecule has 0 unspecified atom stereocenters. The minimum Gasteiger partial charge on any atom is -0.493 e. The number of rotatable bonds is 5. The van der Waals surface area contributed by atoms with Gasteiger partial charge in [0.1, 0.15) is 13.1 Å². The first-order chi connectivity index (χ1) is 13.2. The van der Waals surface area contributed by atoms with E-state index in [2.05, 4.69) is 26.2 Å². The molecule has 3 rings (SSSR count). The fourth-order valence-electron chi connectivity index (χ4n) is 3.09. The lowest BCUT2D eigenvalue weighted by Crippen LogP contribution is -2.51. The van der Waals surface area contributed by atoms with Crippen LogP contribution in [0.1, 0.15) is 0 Å². The lowest BCUT2D eigenvalue weighted by Gasteiger charge is -2.32. The highest BCUT2D eigenvalue weighted by Gasteiger charge is 2.25. The molecule has 1 aromatic heterocycles. The highest BCUT2D eigenvalue weighted by molar-refractivity contribution is 7.80. The number of nitrogens with zero attached hydrogens (tertiary/aromatic N) is 2. The number of anilines is 2. The van der Waals surface area contributed by atoms with E-state index in [1.54, 1.807) is 21.3 Å². The van der Waals surface area contributed by atoms with Gasteiger partial charge < -0.3 is 24.4 Å². The minimum absolute atomic E-state index is 0.559. The van der Waals surface area contributed by atoms with Gasteiger partial charge in [-0.25, -0.2) is 4.98 Å². The summed E-state index contributed by atoms with van der Waals surface area (Å²) >= 11 is 5.61. The van der Waals surface area contributed by atoms with E-state index in [0.717, 1.165) is 37.7 Å². The summed E-state index contributed by atoms with van der Waals surface area (Å²) in [4.78, 5) is 7.76. The number of aromatic amines is 1. The maximum absolute atomic E-state index is 5.61. The van der Waals surface area contributed by atoms with Crippen LogP contribution in [-0.2, 0) is 0 Å². The Morgan fingerprint density at radius 2 is 1.67 bits per heavy atom. The summed E-state index contributed by atoms with van der Waals surface area (Å²) in [6, 6.07) is 9.80. The SMILES string of the molecule is COc1cc(NC(=S)N2CCN(c3cccc[nH+]3)CC2)cc(OC)c1OC. The smallest absolute Gasteiger partial charge is 0.274 e. The second-order valence-corrected chi connectivity index (χ2v) is 6.45. The molecule has 27 heavy (non-hydrogen) atoms. The van der Waals surface area contributed by atoms with Crippen molar-refractivity contribution in [3.63, 3.8) is 0 Å². The second-order valence-electron chi connectivity index (χ2n) is 6.07. The Bertz CT molecular complexity index is 755. The summed E-state index contributed by atoms with van der Waals surface area (Å²) < 4.78 is 16.2. The number of benzene rings is 1. The Kier molecular flexibility index (Phi) is 6.18. The van der Waals surface area contributed by atoms with E-state index < -0.39 is 0 Å². The third-order valence-corrected chi connectivity index (χ3v) is 4.88. The van der Waals surface area contributed by atoms with Crippen LogP contribution in [0.3, 0.4) is 0 Å². The van der Waals surface area contributed by atoms with Gasteiger partial charge in [0.2, 0.25) is 5.75 Å². The zero-order valence-corrected chi connectivity index (χ0v) is 16.6. The average molecular weight is 390 g/mol. The van der Waals surface area contributed by atoms with Gasteiger partial charge >= 0.3 is 0 Å². The number of pyridine rings is 1. The van der Waals surface area contributed by atoms with Gasteiger partial charge in [0.25, 0.3) is 5.82 Å². The number of methoxy groups -OCH3 is 3. The Morgan fingerprint density at radius 1 is 1.00 bits per heavy atom. The number of H-pyrrole nitrogens is 1. The van der Waals surface area contributed by atoms with Crippen molar-refractivity contribution in [2.75, 3.05) is 57.7 Å². The van der Waals surface area contributed by atoms with Crippen molar-refractivity contribution < 1.29 is 19.2 Å². The maximum atomic E-state index is 5.61. The third kappa shape index (κ3) is 4.33. The van der Waals surface area contributed by atoms with Crippen LogP contribution in [0.4, 0.5) is 11.5 Å². The molecule has 0 radical (unpaired) electrons. The molecule has 1 aliphatic heterocycles. The molecule has 0 atom stereocenters. The molecule has 0 aliphatic carbocycles. The monoisotopic (exact) mass is 389 g/mol. The lowest BCUT2D eigenvalue weighted by atomic mass is 10.2. The largest absolute Gasteiger partial charge is 0.493 e. The summed E-state index contributed by atoms with van der Waals surface area (Å²) in [7, 11) is 4.78. The summed E-state index contributed by atoms with van der Waals surface area (Å²) in [5, 5.41) is 3.96. The van der Waals surface area contributed by atoms with Gasteiger partial charge in [-0.3, -0.25) is 4.90 Å². The van der Waals surface area contributed by atoms with Crippen molar-refractivity contribution in [3.8, 4) is 17.2 Å². The number of aromatic nitrogens is 1.